The van der Waals surface area contributed by atoms with Gasteiger partial charge in [-0.05, 0) is 24.1 Å². The number of para-hydroxylation sites is 1. The van der Waals surface area contributed by atoms with Gasteiger partial charge in [0.15, 0.2) is 0 Å². The molecule has 0 unspecified atom stereocenters. The summed E-state index contributed by atoms with van der Waals surface area (Å²) in [7, 11) is 0. The lowest BCUT2D eigenvalue weighted by Crippen LogP contribution is -2.19. The summed E-state index contributed by atoms with van der Waals surface area (Å²) in [4.78, 5) is 12.2. The van der Waals surface area contributed by atoms with E-state index >= 15 is 0 Å². The SMILES string of the molecule is Cc1ccc(CC(=O)N/N=C\c2cn(Cc3ccccc3)c3ccccc23)cc1. The summed E-state index contributed by atoms with van der Waals surface area (Å²) in [5, 5.41) is 5.30. The molecule has 1 N–H and O–H groups in total. The lowest BCUT2D eigenvalue weighted by molar-refractivity contribution is -0.120. The highest BCUT2D eigenvalue weighted by Gasteiger charge is 2.07. The first-order valence-electron chi connectivity index (χ1n) is 9.68. The van der Waals surface area contributed by atoms with E-state index in [2.05, 4.69) is 45.6 Å². The number of fused-ring (bicyclic) bond motifs is 1. The number of carbonyl (C=O) groups excluding carboxylic acids is 1. The minimum Gasteiger partial charge on any atom is -0.342 e. The van der Waals surface area contributed by atoms with Crippen LogP contribution in [0.15, 0.2) is 90.2 Å². The summed E-state index contributed by atoms with van der Waals surface area (Å²) in [5.41, 5.74) is 8.15. The van der Waals surface area contributed by atoms with Crippen molar-refractivity contribution in [2.24, 2.45) is 5.10 Å². The summed E-state index contributed by atoms with van der Waals surface area (Å²) >= 11 is 0. The fraction of sp³-hybridized carbons (Fsp3) is 0.120. The second-order valence-electron chi connectivity index (χ2n) is 7.17. The first kappa shape index (κ1) is 18.7. The molecule has 144 valence electrons. The van der Waals surface area contributed by atoms with Crippen LogP contribution in [0.3, 0.4) is 0 Å². The monoisotopic (exact) mass is 381 g/mol. The van der Waals surface area contributed by atoms with Crippen LogP contribution in [0.25, 0.3) is 10.9 Å². The topological polar surface area (TPSA) is 46.4 Å². The van der Waals surface area contributed by atoms with E-state index < -0.39 is 0 Å². The molecule has 0 aliphatic rings. The number of amides is 1. The molecule has 0 fully saturated rings. The van der Waals surface area contributed by atoms with E-state index in [1.54, 1.807) is 6.21 Å². The van der Waals surface area contributed by atoms with Crippen LogP contribution in [0.1, 0.15) is 22.3 Å². The zero-order valence-corrected chi connectivity index (χ0v) is 16.4. The standard InChI is InChI=1S/C25H23N3O/c1-19-11-13-20(14-12-19)15-25(29)27-26-16-22-18-28(17-21-7-3-2-4-8-21)24-10-6-5-9-23(22)24/h2-14,16,18H,15,17H2,1H3,(H,27,29)/b26-16-. The summed E-state index contributed by atoms with van der Waals surface area (Å²) in [6, 6.07) is 26.5. The van der Waals surface area contributed by atoms with Gasteiger partial charge in [0.1, 0.15) is 0 Å². The zero-order chi connectivity index (χ0) is 20.1. The Morgan fingerprint density at radius 1 is 0.931 bits per heavy atom. The van der Waals surface area contributed by atoms with E-state index in [0.717, 1.165) is 28.6 Å². The number of hydrogen-bond donors (Lipinski definition) is 1. The predicted octanol–water partition coefficient (Wildman–Crippen LogP) is 4.69. The molecule has 4 nitrogen and oxygen atoms in total. The summed E-state index contributed by atoms with van der Waals surface area (Å²) in [6.07, 6.45) is 4.11. The van der Waals surface area contributed by atoms with E-state index in [1.165, 1.54) is 11.1 Å². The van der Waals surface area contributed by atoms with Crippen molar-refractivity contribution in [3.8, 4) is 0 Å². The van der Waals surface area contributed by atoms with Crippen LogP contribution in [0.5, 0.6) is 0 Å². The fourth-order valence-electron chi connectivity index (χ4n) is 3.39. The Hall–Kier alpha value is -3.66. The number of carbonyl (C=O) groups is 1. The number of aryl methyl sites for hydroxylation is 1. The summed E-state index contributed by atoms with van der Waals surface area (Å²) < 4.78 is 2.21. The molecule has 4 heteroatoms. The predicted molar refractivity (Wildman–Crippen MR) is 118 cm³/mol. The maximum atomic E-state index is 12.2. The van der Waals surface area contributed by atoms with Gasteiger partial charge >= 0.3 is 0 Å². The van der Waals surface area contributed by atoms with Crippen LogP contribution in [0.2, 0.25) is 0 Å². The molecule has 0 saturated heterocycles. The molecule has 1 heterocycles. The van der Waals surface area contributed by atoms with E-state index in [9.17, 15) is 4.79 Å². The van der Waals surface area contributed by atoms with Gasteiger partial charge in [-0.15, -0.1) is 0 Å². The zero-order valence-electron chi connectivity index (χ0n) is 16.4. The van der Waals surface area contributed by atoms with Gasteiger partial charge in [0.2, 0.25) is 5.91 Å². The van der Waals surface area contributed by atoms with Gasteiger partial charge in [-0.1, -0.05) is 78.4 Å². The molecule has 0 radical (unpaired) electrons. The maximum absolute atomic E-state index is 12.2. The minimum absolute atomic E-state index is 0.127. The fourth-order valence-corrected chi connectivity index (χ4v) is 3.39. The van der Waals surface area contributed by atoms with Gasteiger partial charge in [-0.25, -0.2) is 5.43 Å². The average molecular weight is 381 g/mol. The Bertz CT molecular complexity index is 1140. The molecule has 0 bridgehead atoms. The molecule has 29 heavy (non-hydrogen) atoms. The number of nitrogens with zero attached hydrogens (tertiary/aromatic N) is 2. The number of nitrogens with one attached hydrogen (secondary N) is 1. The third-order valence-corrected chi connectivity index (χ3v) is 4.89. The molecule has 1 aromatic heterocycles. The van der Waals surface area contributed by atoms with Crippen molar-refractivity contribution in [1.82, 2.24) is 9.99 Å². The molecular formula is C25H23N3O. The van der Waals surface area contributed by atoms with Gasteiger partial charge < -0.3 is 4.57 Å². The Labute approximate surface area is 170 Å². The summed E-state index contributed by atoms with van der Waals surface area (Å²) in [5.74, 6) is -0.127. The van der Waals surface area contributed by atoms with Crippen molar-refractivity contribution in [2.45, 2.75) is 19.9 Å². The molecule has 0 saturated carbocycles. The van der Waals surface area contributed by atoms with Gasteiger partial charge in [-0.2, -0.15) is 5.10 Å². The van der Waals surface area contributed by atoms with E-state index in [4.69, 9.17) is 0 Å². The highest BCUT2D eigenvalue weighted by Crippen LogP contribution is 2.21. The second-order valence-corrected chi connectivity index (χ2v) is 7.17. The molecule has 4 aromatic rings. The van der Waals surface area contributed by atoms with E-state index in [0.29, 0.717) is 6.42 Å². The van der Waals surface area contributed by atoms with Crippen LogP contribution in [-0.2, 0) is 17.8 Å². The van der Waals surface area contributed by atoms with Crippen molar-refractivity contribution >= 4 is 23.0 Å². The van der Waals surface area contributed by atoms with Crippen LogP contribution in [0.4, 0.5) is 0 Å². The second kappa shape index (κ2) is 8.57. The van der Waals surface area contributed by atoms with Gasteiger partial charge in [0, 0.05) is 29.2 Å². The third kappa shape index (κ3) is 4.61. The first-order chi connectivity index (χ1) is 14.2. The van der Waals surface area contributed by atoms with Crippen LogP contribution >= 0.6 is 0 Å². The number of hydrazone groups is 1. The molecule has 0 spiro atoms. The lowest BCUT2D eigenvalue weighted by Gasteiger charge is -2.05. The number of benzene rings is 3. The molecule has 4 rings (SSSR count). The van der Waals surface area contributed by atoms with E-state index in [-0.39, 0.29) is 5.91 Å². The Balaban J connectivity index is 1.48. The molecular weight excluding hydrogens is 358 g/mol. The molecule has 0 aliphatic heterocycles. The van der Waals surface area contributed by atoms with Crippen molar-refractivity contribution in [3.63, 3.8) is 0 Å². The van der Waals surface area contributed by atoms with Gasteiger partial charge in [-0.3, -0.25) is 4.79 Å². The van der Waals surface area contributed by atoms with Crippen molar-refractivity contribution in [2.75, 3.05) is 0 Å². The van der Waals surface area contributed by atoms with Crippen molar-refractivity contribution < 1.29 is 4.79 Å². The molecule has 0 atom stereocenters. The third-order valence-electron chi connectivity index (χ3n) is 4.89. The summed E-state index contributed by atoms with van der Waals surface area (Å²) in [6.45, 7) is 2.82. The number of aromatic nitrogens is 1. The highest BCUT2D eigenvalue weighted by molar-refractivity contribution is 5.99. The molecule has 0 aliphatic carbocycles. The minimum atomic E-state index is -0.127. The number of hydrogen-bond acceptors (Lipinski definition) is 2. The van der Waals surface area contributed by atoms with Crippen LogP contribution < -0.4 is 5.43 Å². The van der Waals surface area contributed by atoms with E-state index in [1.807, 2.05) is 61.5 Å². The normalized spacial score (nSPS) is 11.2. The smallest absolute Gasteiger partial charge is 0.244 e. The quantitative estimate of drug-likeness (QED) is 0.382. The lowest BCUT2D eigenvalue weighted by atomic mass is 10.1. The Morgan fingerprint density at radius 3 is 2.45 bits per heavy atom. The average Bonchev–Trinajstić information content (AvgIpc) is 3.08. The van der Waals surface area contributed by atoms with Gasteiger partial charge in [0.25, 0.3) is 0 Å². The van der Waals surface area contributed by atoms with Crippen LogP contribution in [-0.4, -0.2) is 16.7 Å². The van der Waals surface area contributed by atoms with Gasteiger partial charge in [0.05, 0.1) is 12.6 Å². The van der Waals surface area contributed by atoms with Crippen molar-refractivity contribution in [1.29, 1.82) is 0 Å². The number of rotatable bonds is 6. The first-order valence-corrected chi connectivity index (χ1v) is 9.68. The largest absolute Gasteiger partial charge is 0.342 e. The molecule has 3 aromatic carbocycles. The van der Waals surface area contributed by atoms with Crippen molar-refractivity contribution in [3.05, 3.63) is 107 Å². The van der Waals surface area contributed by atoms with Crippen LogP contribution in [0, 0.1) is 6.92 Å². The Morgan fingerprint density at radius 2 is 1.66 bits per heavy atom. The maximum Gasteiger partial charge on any atom is 0.244 e. The Kier molecular flexibility index (Phi) is 5.52. The molecule has 1 amide bonds. The highest BCUT2D eigenvalue weighted by atomic mass is 16.2.